The topological polar surface area (TPSA) is 84.5 Å². The fourth-order valence-electron chi connectivity index (χ4n) is 2.10. The first kappa shape index (κ1) is 18.7. The van der Waals surface area contributed by atoms with Crippen LogP contribution in [-0.2, 0) is 16.1 Å². The van der Waals surface area contributed by atoms with Gasteiger partial charge in [0, 0.05) is 18.7 Å². The lowest BCUT2D eigenvalue weighted by atomic mass is 10.2. The van der Waals surface area contributed by atoms with E-state index in [1.165, 1.54) is 7.11 Å². The molecule has 2 aromatic rings. The Labute approximate surface area is 150 Å². The van der Waals surface area contributed by atoms with Crippen molar-refractivity contribution >= 4 is 34.8 Å². The van der Waals surface area contributed by atoms with Gasteiger partial charge in [0.05, 0.1) is 12.0 Å². The van der Waals surface area contributed by atoms with Gasteiger partial charge in [-0.15, -0.1) is 11.3 Å². The highest BCUT2D eigenvalue weighted by Gasteiger charge is 2.13. The van der Waals surface area contributed by atoms with Crippen LogP contribution >= 0.6 is 11.3 Å². The predicted molar refractivity (Wildman–Crippen MR) is 96.8 cm³/mol. The third kappa shape index (κ3) is 5.42. The number of amides is 2. The molecule has 0 aliphatic rings. The number of anilines is 1. The zero-order chi connectivity index (χ0) is 18.2. The van der Waals surface area contributed by atoms with Crippen LogP contribution in [0.1, 0.15) is 44.7 Å². The predicted octanol–water partition coefficient (Wildman–Crippen LogP) is 3.20. The van der Waals surface area contributed by atoms with Crippen molar-refractivity contribution in [3.8, 4) is 0 Å². The van der Waals surface area contributed by atoms with E-state index >= 15 is 0 Å². The van der Waals surface area contributed by atoms with Crippen molar-refractivity contribution in [3.05, 3.63) is 51.7 Å². The lowest BCUT2D eigenvalue weighted by Crippen LogP contribution is -2.21. The number of thiophene rings is 1. The van der Waals surface area contributed by atoms with Gasteiger partial charge in [-0.05, 0) is 36.2 Å². The summed E-state index contributed by atoms with van der Waals surface area (Å²) in [6.07, 6.45) is 1.29. The number of carbonyl (C=O) groups is 3. The highest BCUT2D eigenvalue weighted by Crippen LogP contribution is 2.17. The molecule has 25 heavy (non-hydrogen) atoms. The van der Waals surface area contributed by atoms with E-state index in [2.05, 4.69) is 15.4 Å². The van der Waals surface area contributed by atoms with Gasteiger partial charge in [0.1, 0.15) is 4.88 Å². The average Bonchev–Trinajstić information content (AvgIpc) is 3.10. The summed E-state index contributed by atoms with van der Waals surface area (Å²) in [7, 11) is 1.30. The monoisotopic (exact) mass is 360 g/mol. The smallest absolute Gasteiger partial charge is 0.348 e. The van der Waals surface area contributed by atoms with Crippen molar-refractivity contribution in [1.29, 1.82) is 0 Å². The molecule has 2 rings (SSSR count). The van der Waals surface area contributed by atoms with E-state index in [-0.39, 0.29) is 11.8 Å². The molecule has 1 aromatic carbocycles. The first-order valence-electron chi connectivity index (χ1n) is 7.88. The van der Waals surface area contributed by atoms with Crippen molar-refractivity contribution in [2.45, 2.75) is 26.3 Å². The van der Waals surface area contributed by atoms with Crippen LogP contribution in [0.4, 0.5) is 5.69 Å². The fraction of sp³-hybridized carbons (Fsp3) is 0.278. The summed E-state index contributed by atoms with van der Waals surface area (Å²) in [6.45, 7) is 2.31. The number of carbonyl (C=O) groups excluding carboxylic acids is 3. The molecule has 0 saturated heterocycles. The van der Waals surface area contributed by atoms with Crippen LogP contribution in [0.2, 0.25) is 0 Å². The van der Waals surface area contributed by atoms with Gasteiger partial charge in [0.15, 0.2) is 0 Å². The summed E-state index contributed by atoms with van der Waals surface area (Å²) in [6, 6.07) is 10.5. The highest BCUT2D eigenvalue weighted by atomic mass is 32.1. The standard InChI is InChI=1S/C18H20N2O4S/c1-3-4-16(21)20-13-7-5-12(6-8-13)11-19-17(22)14-9-10-15(25-14)18(23)24-2/h5-10H,3-4,11H2,1-2H3,(H,19,22)(H,20,21). The summed E-state index contributed by atoms with van der Waals surface area (Å²) in [5.74, 6) is -0.715. The van der Waals surface area contributed by atoms with E-state index in [1.54, 1.807) is 24.3 Å². The third-order valence-electron chi connectivity index (χ3n) is 3.38. The largest absolute Gasteiger partial charge is 0.465 e. The molecule has 132 valence electrons. The first-order chi connectivity index (χ1) is 12.0. The van der Waals surface area contributed by atoms with Crippen LogP contribution in [0.25, 0.3) is 0 Å². The molecule has 0 radical (unpaired) electrons. The Morgan fingerprint density at radius 1 is 1.04 bits per heavy atom. The van der Waals surface area contributed by atoms with Crippen molar-refractivity contribution in [3.63, 3.8) is 0 Å². The van der Waals surface area contributed by atoms with Crippen LogP contribution in [0.5, 0.6) is 0 Å². The molecule has 1 aromatic heterocycles. The Morgan fingerprint density at radius 2 is 1.72 bits per heavy atom. The number of hydrogen-bond donors (Lipinski definition) is 2. The molecular weight excluding hydrogens is 340 g/mol. The lowest BCUT2D eigenvalue weighted by molar-refractivity contribution is -0.116. The first-order valence-corrected chi connectivity index (χ1v) is 8.70. The van der Waals surface area contributed by atoms with Crippen LogP contribution in [0.3, 0.4) is 0 Å². The Kier molecular flexibility index (Phi) is 6.71. The quantitative estimate of drug-likeness (QED) is 0.743. The zero-order valence-corrected chi connectivity index (χ0v) is 14.9. The van der Waals surface area contributed by atoms with E-state index in [4.69, 9.17) is 0 Å². The van der Waals surface area contributed by atoms with Gasteiger partial charge >= 0.3 is 5.97 Å². The summed E-state index contributed by atoms with van der Waals surface area (Å²) in [5.41, 5.74) is 1.64. The number of hydrogen-bond acceptors (Lipinski definition) is 5. The van der Waals surface area contributed by atoms with Crippen LogP contribution in [0.15, 0.2) is 36.4 Å². The number of methoxy groups -OCH3 is 1. The minimum Gasteiger partial charge on any atom is -0.465 e. The second kappa shape index (κ2) is 8.98. The van der Waals surface area contributed by atoms with Crippen LogP contribution < -0.4 is 10.6 Å². The van der Waals surface area contributed by atoms with E-state index in [0.29, 0.717) is 22.7 Å². The molecule has 0 aliphatic heterocycles. The molecule has 0 fully saturated rings. The van der Waals surface area contributed by atoms with Gasteiger partial charge in [0.25, 0.3) is 5.91 Å². The second-order valence-corrected chi connectivity index (χ2v) is 6.42. The second-order valence-electron chi connectivity index (χ2n) is 5.33. The molecule has 0 aliphatic carbocycles. The van der Waals surface area contributed by atoms with Crippen LogP contribution in [0, 0.1) is 0 Å². The van der Waals surface area contributed by atoms with E-state index in [0.717, 1.165) is 29.0 Å². The van der Waals surface area contributed by atoms with Gasteiger partial charge in [-0.2, -0.15) is 0 Å². The molecular formula is C18H20N2O4S. The summed E-state index contributed by atoms with van der Waals surface area (Å²) in [5, 5.41) is 5.61. The molecule has 7 heteroatoms. The lowest BCUT2D eigenvalue weighted by Gasteiger charge is -2.07. The Morgan fingerprint density at radius 3 is 2.36 bits per heavy atom. The number of rotatable bonds is 7. The molecule has 0 unspecified atom stereocenters. The Hall–Kier alpha value is -2.67. The van der Waals surface area contributed by atoms with Gasteiger partial charge in [-0.25, -0.2) is 4.79 Å². The number of esters is 1. The van der Waals surface area contributed by atoms with Crippen molar-refractivity contribution < 1.29 is 19.1 Å². The van der Waals surface area contributed by atoms with Crippen molar-refractivity contribution in [2.75, 3.05) is 12.4 Å². The molecule has 0 bridgehead atoms. The molecule has 0 atom stereocenters. The molecule has 2 amide bonds. The van der Waals surface area contributed by atoms with E-state index < -0.39 is 5.97 Å². The van der Waals surface area contributed by atoms with Gasteiger partial charge < -0.3 is 15.4 Å². The van der Waals surface area contributed by atoms with Gasteiger partial charge in [-0.1, -0.05) is 19.1 Å². The summed E-state index contributed by atoms with van der Waals surface area (Å²) in [4.78, 5) is 35.9. The number of benzene rings is 1. The van der Waals surface area contributed by atoms with Crippen molar-refractivity contribution in [1.82, 2.24) is 5.32 Å². The maximum Gasteiger partial charge on any atom is 0.348 e. The Bertz CT molecular complexity index is 753. The maximum absolute atomic E-state index is 12.1. The number of nitrogens with one attached hydrogen (secondary N) is 2. The minimum atomic E-state index is -0.454. The Balaban J connectivity index is 1.88. The normalized spacial score (nSPS) is 10.2. The fourth-order valence-corrected chi connectivity index (χ4v) is 2.94. The number of ether oxygens (including phenoxy) is 1. The molecule has 0 spiro atoms. The molecule has 6 nitrogen and oxygen atoms in total. The zero-order valence-electron chi connectivity index (χ0n) is 14.1. The SMILES string of the molecule is CCCC(=O)Nc1ccc(CNC(=O)c2ccc(C(=O)OC)s2)cc1. The van der Waals surface area contributed by atoms with Crippen LogP contribution in [-0.4, -0.2) is 24.9 Å². The molecule has 0 saturated carbocycles. The summed E-state index contributed by atoms with van der Waals surface area (Å²) < 4.78 is 4.62. The average molecular weight is 360 g/mol. The van der Waals surface area contributed by atoms with Gasteiger partial charge in [0.2, 0.25) is 5.91 Å². The highest BCUT2D eigenvalue weighted by molar-refractivity contribution is 7.15. The van der Waals surface area contributed by atoms with Gasteiger partial charge in [-0.3, -0.25) is 9.59 Å². The summed E-state index contributed by atoms with van der Waals surface area (Å²) >= 11 is 1.09. The molecule has 2 N–H and O–H groups in total. The maximum atomic E-state index is 12.1. The minimum absolute atomic E-state index is 0.0114. The van der Waals surface area contributed by atoms with Crippen molar-refractivity contribution in [2.24, 2.45) is 0 Å². The molecule has 1 heterocycles. The van der Waals surface area contributed by atoms with E-state index in [1.807, 2.05) is 19.1 Å². The third-order valence-corrected chi connectivity index (χ3v) is 4.45. The van der Waals surface area contributed by atoms with E-state index in [9.17, 15) is 14.4 Å².